The Balaban J connectivity index is 1.82. The van der Waals surface area contributed by atoms with Crippen LogP contribution in [0, 0.1) is 6.92 Å². The van der Waals surface area contributed by atoms with Gasteiger partial charge in [-0.2, -0.15) is 0 Å². The van der Waals surface area contributed by atoms with Crippen molar-refractivity contribution >= 4 is 0 Å². The molecule has 0 saturated heterocycles. The Hall–Kier alpha value is -0.860. The van der Waals surface area contributed by atoms with Gasteiger partial charge in [0.15, 0.2) is 0 Å². The van der Waals surface area contributed by atoms with E-state index in [-0.39, 0.29) is 6.10 Å². The summed E-state index contributed by atoms with van der Waals surface area (Å²) in [6.07, 6.45) is 5.16. The number of aryl methyl sites for hydroxylation is 1. The van der Waals surface area contributed by atoms with E-state index in [4.69, 9.17) is 0 Å². The third kappa shape index (κ3) is 3.82. The second-order valence-corrected chi connectivity index (χ2v) is 5.70. The number of aliphatic hydroxyl groups excluding tert-OH is 1. The largest absolute Gasteiger partial charge is 0.393 e. The summed E-state index contributed by atoms with van der Waals surface area (Å²) in [5.41, 5.74) is 2.82. The molecule has 1 aromatic rings. The molecule has 1 aromatic carbocycles. The standard InChI is InChI=1S/C16H25NO/c1-12-5-3-4-6-14(12)11-13(2)17-15-7-9-16(18)10-8-15/h3-6,13,15-18H,7-11H2,1-2H3. The van der Waals surface area contributed by atoms with Crippen LogP contribution in [0.5, 0.6) is 0 Å². The third-order valence-electron chi connectivity index (χ3n) is 4.00. The summed E-state index contributed by atoms with van der Waals surface area (Å²) in [7, 11) is 0. The van der Waals surface area contributed by atoms with Crippen molar-refractivity contribution in [1.29, 1.82) is 0 Å². The molecule has 1 aliphatic rings. The van der Waals surface area contributed by atoms with Gasteiger partial charge in [-0.3, -0.25) is 0 Å². The first-order valence-electron chi connectivity index (χ1n) is 7.14. The molecule has 1 unspecified atom stereocenters. The number of hydrogen-bond acceptors (Lipinski definition) is 2. The Bertz CT molecular complexity index is 369. The van der Waals surface area contributed by atoms with Gasteiger partial charge in [-0.15, -0.1) is 0 Å². The predicted molar refractivity (Wildman–Crippen MR) is 75.7 cm³/mol. The van der Waals surface area contributed by atoms with E-state index in [1.165, 1.54) is 11.1 Å². The monoisotopic (exact) mass is 247 g/mol. The van der Waals surface area contributed by atoms with Crippen LogP contribution >= 0.6 is 0 Å². The highest BCUT2D eigenvalue weighted by Crippen LogP contribution is 2.19. The lowest BCUT2D eigenvalue weighted by Crippen LogP contribution is -2.40. The van der Waals surface area contributed by atoms with Gasteiger partial charge in [0.25, 0.3) is 0 Å². The van der Waals surface area contributed by atoms with Gasteiger partial charge in [-0.05, 0) is 57.1 Å². The summed E-state index contributed by atoms with van der Waals surface area (Å²) in [5, 5.41) is 13.2. The molecule has 2 rings (SSSR count). The fourth-order valence-corrected chi connectivity index (χ4v) is 2.87. The van der Waals surface area contributed by atoms with E-state index in [2.05, 4.69) is 43.4 Å². The Kier molecular flexibility index (Phi) is 4.79. The first-order valence-corrected chi connectivity index (χ1v) is 7.14. The lowest BCUT2D eigenvalue weighted by atomic mass is 9.92. The predicted octanol–water partition coefficient (Wildman–Crippen LogP) is 2.82. The lowest BCUT2D eigenvalue weighted by Gasteiger charge is -2.29. The Labute approximate surface area is 110 Å². The van der Waals surface area contributed by atoms with Crippen LogP contribution in [0.15, 0.2) is 24.3 Å². The number of nitrogens with one attached hydrogen (secondary N) is 1. The molecule has 1 saturated carbocycles. The van der Waals surface area contributed by atoms with Crippen LogP contribution in [-0.4, -0.2) is 23.3 Å². The summed E-state index contributed by atoms with van der Waals surface area (Å²) in [4.78, 5) is 0. The maximum Gasteiger partial charge on any atom is 0.0541 e. The van der Waals surface area contributed by atoms with Crippen LogP contribution in [0.25, 0.3) is 0 Å². The van der Waals surface area contributed by atoms with Gasteiger partial charge in [0.05, 0.1) is 6.10 Å². The van der Waals surface area contributed by atoms with E-state index in [0.717, 1.165) is 32.1 Å². The quantitative estimate of drug-likeness (QED) is 0.857. The average molecular weight is 247 g/mol. The molecule has 0 radical (unpaired) electrons. The minimum atomic E-state index is -0.0604. The van der Waals surface area contributed by atoms with Gasteiger partial charge < -0.3 is 10.4 Å². The van der Waals surface area contributed by atoms with Crippen LogP contribution < -0.4 is 5.32 Å². The number of aliphatic hydroxyl groups is 1. The summed E-state index contributed by atoms with van der Waals surface area (Å²) in [6.45, 7) is 4.44. The minimum absolute atomic E-state index is 0.0604. The Morgan fingerprint density at radius 2 is 1.89 bits per heavy atom. The van der Waals surface area contributed by atoms with Gasteiger partial charge in [0, 0.05) is 12.1 Å². The molecule has 0 aliphatic heterocycles. The molecule has 0 amide bonds. The van der Waals surface area contributed by atoms with Crippen LogP contribution in [0.1, 0.15) is 43.7 Å². The van der Waals surface area contributed by atoms with Crippen molar-refractivity contribution in [3.05, 3.63) is 35.4 Å². The molecular formula is C16H25NO. The zero-order valence-electron chi connectivity index (χ0n) is 11.5. The van der Waals surface area contributed by atoms with Gasteiger partial charge in [-0.1, -0.05) is 24.3 Å². The van der Waals surface area contributed by atoms with Crippen molar-refractivity contribution in [2.75, 3.05) is 0 Å². The smallest absolute Gasteiger partial charge is 0.0541 e. The molecule has 2 nitrogen and oxygen atoms in total. The SMILES string of the molecule is Cc1ccccc1CC(C)NC1CCC(O)CC1. The number of rotatable bonds is 4. The van der Waals surface area contributed by atoms with E-state index in [1.54, 1.807) is 0 Å². The average Bonchev–Trinajstić information content (AvgIpc) is 2.35. The normalized spacial score (nSPS) is 25.9. The van der Waals surface area contributed by atoms with E-state index < -0.39 is 0 Å². The maximum absolute atomic E-state index is 9.50. The molecule has 2 N–H and O–H groups in total. The first-order chi connectivity index (χ1) is 8.65. The van der Waals surface area contributed by atoms with Crippen molar-refractivity contribution in [1.82, 2.24) is 5.32 Å². The molecule has 100 valence electrons. The second-order valence-electron chi connectivity index (χ2n) is 5.70. The zero-order chi connectivity index (χ0) is 13.0. The van der Waals surface area contributed by atoms with Crippen molar-refractivity contribution in [3.8, 4) is 0 Å². The van der Waals surface area contributed by atoms with E-state index >= 15 is 0 Å². The molecule has 2 heteroatoms. The molecule has 1 aliphatic carbocycles. The van der Waals surface area contributed by atoms with Gasteiger partial charge in [-0.25, -0.2) is 0 Å². The third-order valence-corrected chi connectivity index (χ3v) is 4.00. The van der Waals surface area contributed by atoms with Gasteiger partial charge in [0.2, 0.25) is 0 Å². The van der Waals surface area contributed by atoms with E-state index in [0.29, 0.717) is 12.1 Å². The summed E-state index contributed by atoms with van der Waals surface area (Å²) < 4.78 is 0. The molecule has 0 bridgehead atoms. The maximum atomic E-state index is 9.50. The summed E-state index contributed by atoms with van der Waals surface area (Å²) >= 11 is 0. The Morgan fingerprint density at radius 1 is 1.22 bits per heavy atom. The highest BCUT2D eigenvalue weighted by molar-refractivity contribution is 5.26. The summed E-state index contributed by atoms with van der Waals surface area (Å²) in [6, 6.07) is 9.71. The second kappa shape index (κ2) is 6.35. The van der Waals surface area contributed by atoms with Crippen molar-refractivity contribution < 1.29 is 5.11 Å². The van der Waals surface area contributed by atoms with E-state index in [1.807, 2.05) is 0 Å². The molecular weight excluding hydrogens is 222 g/mol. The van der Waals surface area contributed by atoms with Crippen LogP contribution in [-0.2, 0) is 6.42 Å². The van der Waals surface area contributed by atoms with Crippen molar-refractivity contribution in [3.63, 3.8) is 0 Å². The minimum Gasteiger partial charge on any atom is -0.393 e. The topological polar surface area (TPSA) is 32.3 Å². The fourth-order valence-electron chi connectivity index (χ4n) is 2.87. The van der Waals surface area contributed by atoms with Gasteiger partial charge >= 0.3 is 0 Å². The first kappa shape index (κ1) is 13.6. The number of benzene rings is 1. The highest BCUT2D eigenvalue weighted by atomic mass is 16.3. The summed E-state index contributed by atoms with van der Waals surface area (Å²) in [5.74, 6) is 0. The Morgan fingerprint density at radius 3 is 2.56 bits per heavy atom. The molecule has 0 heterocycles. The van der Waals surface area contributed by atoms with Crippen molar-refractivity contribution in [2.24, 2.45) is 0 Å². The molecule has 1 fully saturated rings. The molecule has 18 heavy (non-hydrogen) atoms. The fraction of sp³-hybridized carbons (Fsp3) is 0.625. The van der Waals surface area contributed by atoms with Crippen molar-refractivity contribution in [2.45, 2.75) is 64.1 Å². The van der Waals surface area contributed by atoms with Crippen LogP contribution in [0.2, 0.25) is 0 Å². The molecule has 0 spiro atoms. The van der Waals surface area contributed by atoms with E-state index in [9.17, 15) is 5.11 Å². The number of hydrogen-bond donors (Lipinski definition) is 2. The van der Waals surface area contributed by atoms with Crippen LogP contribution in [0.4, 0.5) is 0 Å². The zero-order valence-corrected chi connectivity index (χ0v) is 11.5. The molecule has 0 aromatic heterocycles. The highest BCUT2D eigenvalue weighted by Gasteiger charge is 2.20. The lowest BCUT2D eigenvalue weighted by molar-refractivity contribution is 0.114. The molecule has 1 atom stereocenters. The van der Waals surface area contributed by atoms with Crippen LogP contribution in [0.3, 0.4) is 0 Å². The van der Waals surface area contributed by atoms with Gasteiger partial charge in [0.1, 0.15) is 0 Å².